The van der Waals surface area contributed by atoms with Crippen LogP contribution in [-0.4, -0.2) is 32.3 Å². The van der Waals surface area contributed by atoms with E-state index in [0.717, 1.165) is 11.3 Å². The molecule has 0 amide bonds. The Morgan fingerprint density at radius 2 is 2.05 bits per heavy atom. The highest BCUT2D eigenvalue weighted by Crippen LogP contribution is 2.30. The van der Waals surface area contributed by atoms with E-state index in [0.29, 0.717) is 0 Å². The summed E-state index contributed by atoms with van der Waals surface area (Å²) in [5.74, 6) is -1.04. The van der Waals surface area contributed by atoms with Crippen LogP contribution in [0.3, 0.4) is 0 Å². The zero-order valence-electron chi connectivity index (χ0n) is 11.0. The van der Waals surface area contributed by atoms with Crippen LogP contribution in [0.2, 0.25) is 4.34 Å². The van der Waals surface area contributed by atoms with Crippen molar-refractivity contribution in [3.8, 4) is 0 Å². The van der Waals surface area contributed by atoms with Crippen LogP contribution in [-0.2, 0) is 10.0 Å². The highest BCUT2D eigenvalue weighted by atomic mass is 35.5. The predicted molar refractivity (Wildman–Crippen MR) is 75.0 cm³/mol. The minimum Gasteiger partial charge on any atom is -0.395 e. The van der Waals surface area contributed by atoms with Gasteiger partial charge >= 0.3 is 6.18 Å². The Bertz CT molecular complexity index is 559. The van der Waals surface area contributed by atoms with E-state index in [4.69, 9.17) is 11.6 Å². The van der Waals surface area contributed by atoms with Crippen molar-refractivity contribution in [1.82, 2.24) is 4.72 Å². The van der Waals surface area contributed by atoms with Crippen LogP contribution < -0.4 is 4.72 Å². The predicted octanol–water partition coefficient (Wildman–Crippen LogP) is 3.02. The molecule has 0 aliphatic heterocycles. The summed E-state index contributed by atoms with van der Waals surface area (Å²) in [5.41, 5.74) is 0. The standard InChI is InChI=1S/C11H15ClF3NO3S2/c1-2-7(5-11(13,14)15)8(6-17)16-21(18,19)10-4-3-9(12)20-10/h3-4,7-8,16-17H,2,5-6H2,1H3/t7-,8-/m0/s1. The fourth-order valence-electron chi connectivity index (χ4n) is 1.85. The first-order valence-corrected chi connectivity index (χ1v) is 8.72. The lowest BCUT2D eigenvalue weighted by Gasteiger charge is -2.26. The second-order valence-electron chi connectivity index (χ2n) is 4.46. The van der Waals surface area contributed by atoms with Crippen molar-refractivity contribution < 1.29 is 26.7 Å². The van der Waals surface area contributed by atoms with Gasteiger partial charge in [0.25, 0.3) is 0 Å². The lowest BCUT2D eigenvalue weighted by atomic mass is 9.94. The van der Waals surface area contributed by atoms with E-state index in [2.05, 4.69) is 4.72 Å². The topological polar surface area (TPSA) is 66.4 Å². The molecule has 0 radical (unpaired) electrons. The summed E-state index contributed by atoms with van der Waals surface area (Å²) in [7, 11) is -4.00. The lowest BCUT2D eigenvalue weighted by Crippen LogP contribution is -2.43. The summed E-state index contributed by atoms with van der Waals surface area (Å²) in [6.45, 7) is 0.794. The molecule has 0 aliphatic rings. The van der Waals surface area contributed by atoms with Gasteiger partial charge in [-0.2, -0.15) is 13.2 Å². The first kappa shape index (κ1) is 18.7. The summed E-state index contributed by atoms with van der Waals surface area (Å²) in [4.78, 5) is 0. The van der Waals surface area contributed by atoms with Gasteiger partial charge in [0.1, 0.15) is 4.21 Å². The average molecular weight is 366 g/mol. The average Bonchev–Trinajstić information content (AvgIpc) is 2.79. The third-order valence-electron chi connectivity index (χ3n) is 2.90. The van der Waals surface area contributed by atoms with Crippen LogP contribution in [0.1, 0.15) is 19.8 Å². The van der Waals surface area contributed by atoms with Crippen molar-refractivity contribution in [2.24, 2.45) is 5.92 Å². The number of rotatable bonds is 7. The normalized spacial score (nSPS) is 15.9. The number of halogens is 4. The minimum atomic E-state index is -4.42. The molecule has 1 heterocycles. The molecule has 0 aromatic carbocycles. The number of thiophene rings is 1. The molecule has 0 saturated carbocycles. The highest BCUT2D eigenvalue weighted by Gasteiger charge is 2.36. The molecule has 0 unspecified atom stereocenters. The van der Waals surface area contributed by atoms with Gasteiger partial charge in [-0.25, -0.2) is 13.1 Å². The van der Waals surface area contributed by atoms with Crippen LogP contribution in [0.5, 0.6) is 0 Å². The summed E-state index contributed by atoms with van der Waals surface area (Å²) >= 11 is 6.43. The number of hydrogen-bond donors (Lipinski definition) is 2. The molecule has 1 rings (SSSR count). The fraction of sp³-hybridized carbons (Fsp3) is 0.636. The molecule has 10 heteroatoms. The third kappa shape index (κ3) is 5.74. The molecule has 1 aromatic heterocycles. The zero-order chi connectivity index (χ0) is 16.3. The van der Waals surface area contributed by atoms with E-state index in [1.54, 1.807) is 0 Å². The van der Waals surface area contributed by atoms with Gasteiger partial charge in [-0.05, 0) is 18.1 Å². The maximum Gasteiger partial charge on any atom is 0.389 e. The van der Waals surface area contributed by atoms with Crippen molar-refractivity contribution in [3.05, 3.63) is 16.5 Å². The van der Waals surface area contributed by atoms with E-state index in [1.165, 1.54) is 19.1 Å². The summed E-state index contributed by atoms with van der Waals surface area (Å²) in [6, 6.07) is 1.43. The zero-order valence-corrected chi connectivity index (χ0v) is 13.4. The van der Waals surface area contributed by atoms with Gasteiger partial charge in [-0.3, -0.25) is 0 Å². The molecule has 2 N–H and O–H groups in total. The molecule has 0 aliphatic carbocycles. The van der Waals surface area contributed by atoms with E-state index < -0.39 is 41.2 Å². The second kappa shape index (κ2) is 7.28. The van der Waals surface area contributed by atoms with Gasteiger partial charge in [0, 0.05) is 12.5 Å². The van der Waals surface area contributed by atoms with E-state index in [1.807, 2.05) is 0 Å². The number of hydrogen-bond acceptors (Lipinski definition) is 4. The third-order valence-corrected chi connectivity index (χ3v) is 6.12. The monoisotopic (exact) mass is 365 g/mol. The molecule has 0 fully saturated rings. The Labute approximate surface area is 130 Å². The highest BCUT2D eigenvalue weighted by molar-refractivity contribution is 7.91. The molecule has 0 spiro atoms. The first-order valence-electron chi connectivity index (χ1n) is 6.04. The molecule has 0 saturated heterocycles. The second-order valence-corrected chi connectivity index (χ2v) is 8.11. The van der Waals surface area contributed by atoms with Crippen LogP contribution >= 0.6 is 22.9 Å². The molecule has 21 heavy (non-hydrogen) atoms. The molecule has 4 nitrogen and oxygen atoms in total. The number of nitrogens with one attached hydrogen (secondary N) is 1. The van der Waals surface area contributed by atoms with Gasteiger partial charge < -0.3 is 5.11 Å². The minimum absolute atomic E-state index is 0.0818. The Morgan fingerprint density at radius 1 is 1.43 bits per heavy atom. The van der Waals surface area contributed by atoms with Crippen molar-refractivity contribution in [2.75, 3.05) is 6.61 Å². The van der Waals surface area contributed by atoms with Gasteiger partial charge in [0.05, 0.1) is 10.9 Å². The molecule has 1 aromatic rings. The van der Waals surface area contributed by atoms with E-state index in [9.17, 15) is 26.7 Å². The Kier molecular flexibility index (Phi) is 6.48. The van der Waals surface area contributed by atoms with Gasteiger partial charge in [-0.15, -0.1) is 11.3 Å². The Morgan fingerprint density at radius 3 is 2.43 bits per heavy atom. The number of sulfonamides is 1. The van der Waals surface area contributed by atoms with Gasteiger partial charge in [0.2, 0.25) is 10.0 Å². The maximum absolute atomic E-state index is 12.5. The van der Waals surface area contributed by atoms with Crippen LogP contribution in [0.15, 0.2) is 16.3 Å². The Balaban J connectivity index is 2.90. The SMILES string of the molecule is CC[C@@H](CC(F)(F)F)[C@H](CO)NS(=O)(=O)c1ccc(Cl)s1. The van der Waals surface area contributed by atoms with Crippen LogP contribution in [0.4, 0.5) is 13.2 Å². The summed E-state index contributed by atoms with van der Waals surface area (Å²) in [5, 5.41) is 9.22. The number of alkyl halides is 3. The van der Waals surface area contributed by atoms with Crippen molar-refractivity contribution in [1.29, 1.82) is 0 Å². The maximum atomic E-state index is 12.5. The van der Waals surface area contributed by atoms with Crippen molar-refractivity contribution >= 4 is 33.0 Å². The number of aliphatic hydroxyl groups excluding tert-OH is 1. The van der Waals surface area contributed by atoms with Gasteiger partial charge in [-0.1, -0.05) is 24.9 Å². The molecule has 0 bridgehead atoms. The molecule has 122 valence electrons. The summed E-state index contributed by atoms with van der Waals surface area (Å²) in [6.07, 6.45) is -5.51. The van der Waals surface area contributed by atoms with Crippen molar-refractivity contribution in [2.45, 2.75) is 36.2 Å². The van der Waals surface area contributed by atoms with Gasteiger partial charge in [0.15, 0.2) is 0 Å². The van der Waals surface area contributed by atoms with E-state index in [-0.39, 0.29) is 15.0 Å². The lowest BCUT2D eigenvalue weighted by molar-refractivity contribution is -0.147. The smallest absolute Gasteiger partial charge is 0.389 e. The van der Waals surface area contributed by atoms with Crippen molar-refractivity contribution in [3.63, 3.8) is 0 Å². The van der Waals surface area contributed by atoms with E-state index >= 15 is 0 Å². The Hall–Kier alpha value is -0.350. The summed E-state index contributed by atoms with van der Waals surface area (Å²) < 4.78 is 63.8. The first-order chi connectivity index (χ1) is 9.59. The molecular formula is C11H15ClF3NO3S2. The van der Waals surface area contributed by atoms with Crippen LogP contribution in [0, 0.1) is 5.92 Å². The fourth-order valence-corrected chi connectivity index (χ4v) is 4.65. The quantitative estimate of drug-likeness (QED) is 0.780. The molecular weight excluding hydrogens is 351 g/mol. The molecule has 2 atom stereocenters. The van der Waals surface area contributed by atoms with Crippen LogP contribution in [0.25, 0.3) is 0 Å². The largest absolute Gasteiger partial charge is 0.395 e. The number of aliphatic hydroxyl groups is 1.